The molecule has 4 rings (SSSR count). The number of halogens is 1. The lowest BCUT2D eigenvalue weighted by Crippen LogP contribution is -2.42. The summed E-state index contributed by atoms with van der Waals surface area (Å²) in [7, 11) is 0. The van der Waals surface area contributed by atoms with Crippen molar-refractivity contribution in [2.24, 2.45) is 5.92 Å². The number of carboxylic acids is 1. The average molecular weight is 445 g/mol. The molecule has 2 fully saturated rings. The Morgan fingerprint density at radius 2 is 2.06 bits per heavy atom. The van der Waals surface area contributed by atoms with Gasteiger partial charge in [0.15, 0.2) is 5.78 Å². The molecule has 1 N–H and O–H groups in total. The highest BCUT2D eigenvalue weighted by Gasteiger charge is 2.40. The molecule has 7 nitrogen and oxygen atoms in total. The van der Waals surface area contributed by atoms with E-state index >= 15 is 0 Å². The largest absolute Gasteiger partial charge is 0.481 e. The first-order valence-electron chi connectivity index (χ1n) is 10.4. The van der Waals surface area contributed by atoms with Gasteiger partial charge in [0.2, 0.25) is 0 Å². The number of aromatic nitrogens is 3. The van der Waals surface area contributed by atoms with Crippen molar-refractivity contribution in [3.8, 4) is 0 Å². The van der Waals surface area contributed by atoms with Gasteiger partial charge in [-0.3, -0.25) is 14.5 Å². The lowest BCUT2D eigenvalue weighted by Gasteiger charge is -2.37. The van der Waals surface area contributed by atoms with E-state index in [-0.39, 0.29) is 35.7 Å². The number of hydrogen-bond donors (Lipinski definition) is 2. The zero-order chi connectivity index (χ0) is 22.0. The van der Waals surface area contributed by atoms with Crippen LogP contribution in [0.5, 0.6) is 0 Å². The van der Waals surface area contributed by atoms with E-state index in [1.54, 1.807) is 24.4 Å². The maximum absolute atomic E-state index is 14.6. The number of aliphatic carboxylic acids is 1. The molecule has 1 aliphatic heterocycles. The average Bonchev–Trinajstić information content (AvgIpc) is 3.50. The molecule has 1 aromatic heterocycles. The van der Waals surface area contributed by atoms with Crippen LogP contribution >= 0.6 is 12.6 Å². The van der Waals surface area contributed by atoms with Crippen LogP contribution in [0.4, 0.5) is 4.39 Å². The second-order valence-corrected chi connectivity index (χ2v) is 8.73. The van der Waals surface area contributed by atoms with Crippen LogP contribution in [0.1, 0.15) is 43.0 Å². The fourth-order valence-corrected chi connectivity index (χ4v) is 4.21. The smallest absolute Gasteiger partial charge is 0.305 e. The summed E-state index contributed by atoms with van der Waals surface area (Å²) in [4.78, 5) is 27.2. The number of ketones is 1. The van der Waals surface area contributed by atoms with Gasteiger partial charge in [0.05, 0.1) is 25.2 Å². The molecule has 2 aromatic rings. The number of carbonyl (C=O) groups excluding carboxylic acids is 1. The minimum absolute atomic E-state index is 0.00211. The van der Waals surface area contributed by atoms with E-state index in [9.17, 15) is 14.0 Å². The van der Waals surface area contributed by atoms with Crippen molar-refractivity contribution >= 4 is 30.5 Å². The van der Waals surface area contributed by atoms with Crippen LogP contribution < -0.4 is 0 Å². The van der Waals surface area contributed by atoms with Crippen LogP contribution in [0.2, 0.25) is 0 Å². The van der Waals surface area contributed by atoms with Crippen LogP contribution in [0.25, 0.3) is 6.08 Å². The summed E-state index contributed by atoms with van der Waals surface area (Å²) < 4.78 is 14.6. The van der Waals surface area contributed by atoms with Crippen molar-refractivity contribution in [2.45, 2.75) is 43.5 Å². The Hall–Kier alpha value is -2.52. The SMILES string of the molecule is O=C(O)CCn1ncc(/C=C2/CN(C(C(=O)C3CC3)c3ccccc3F)CCC2S)n1. The second-order valence-electron chi connectivity index (χ2n) is 8.10. The van der Waals surface area contributed by atoms with Gasteiger partial charge in [0.1, 0.15) is 11.5 Å². The molecule has 1 saturated carbocycles. The van der Waals surface area contributed by atoms with Crippen LogP contribution in [0.15, 0.2) is 36.0 Å². The first-order chi connectivity index (χ1) is 14.9. The third-order valence-corrected chi connectivity index (χ3v) is 6.32. The third kappa shape index (κ3) is 5.22. The van der Waals surface area contributed by atoms with E-state index in [1.807, 2.05) is 11.0 Å². The molecule has 2 unspecified atom stereocenters. The molecule has 0 spiro atoms. The number of nitrogens with zero attached hydrogens (tertiary/aromatic N) is 4. The van der Waals surface area contributed by atoms with Gasteiger partial charge < -0.3 is 5.11 Å². The predicted molar refractivity (Wildman–Crippen MR) is 116 cm³/mol. The van der Waals surface area contributed by atoms with Gasteiger partial charge in [-0.05, 0) is 37.0 Å². The molecule has 164 valence electrons. The highest BCUT2D eigenvalue weighted by Crippen LogP contribution is 2.39. The van der Waals surface area contributed by atoms with Crippen molar-refractivity contribution in [1.82, 2.24) is 19.9 Å². The molecule has 2 heterocycles. The van der Waals surface area contributed by atoms with Gasteiger partial charge in [0.25, 0.3) is 0 Å². The lowest BCUT2D eigenvalue weighted by molar-refractivity contribution is -0.137. The van der Waals surface area contributed by atoms with Crippen LogP contribution in [-0.2, 0) is 16.1 Å². The maximum atomic E-state index is 14.6. The van der Waals surface area contributed by atoms with E-state index in [0.717, 1.165) is 24.8 Å². The fraction of sp³-hybridized carbons (Fsp3) is 0.455. The highest BCUT2D eigenvalue weighted by atomic mass is 32.1. The number of benzene rings is 1. The van der Waals surface area contributed by atoms with E-state index in [1.165, 1.54) is 10.9 Å². The number of carboxylic acid groups (broad SMARTS) is 1. The van der Waals surface area contributed by atoms with Crippen LogP contribution in [0.3, 0.4) is 0 Å². The molecule has 2 aliphatic rings. The molecular weight excluding hydrogens is 419 g/mol. The Bertz CT molecular complexity index is 1000. The second kappa shape index (κ2) is 9.32. The minimum atomic E-state index is -0.907. The number of hydrogen-bond acceptors (Lipinski definition) is 6. The number of thiol groups is 1. The molecular formula is C22H25FN4O3S. The molecule has 1 aliphatic carbocycles. The Kier molecular flexibility index (Phi) is 6.52. The summed E-state index contributed by atoms with van der Waals surface area (Å²) in [5.74, 6) is -1.17. The van der Waals surface area contributed by atoms with E-state index in [0.29, 0.717) is 24.3 Å². The molecule has 0 bridgehead atoms. The minimum Gasteiger partial charge on any atom is -0.481 e. The van der Waals surface area contributed by atoms with Crippen molar-refractivity contribution in [3.63, 3.8) is 0 Å². The molecule has 2 atom stereocenters. The molecule has 1 aromatic carbocycles. The molecule has 1 saturated heterocycles. The van der Waals surface area contributed by atoms with Gasteiger partial charge in [-0.15, -0.1) is 0 Å². The zero-order valence-electron chi connectivity index (χ0n) is 17.0. The quantitative estimate of drug-likeness (QED) is 0.609. The van der Waals surface area contributed by atoms with Gasteiger partial charge in [-0.1, -0.05) is 18.2 Å². The van der Waals surface area contributed by atoms with Gasteiger partial charge in [0, 0.05) is 29.8 Å². The van der Waals surface area contributed by atoms with Crippen molar-refractivity contribution in [1.29, 1.82) is 0 Å². The number of Topliss-reactive ketones (excluding diaryl/α,β-unsaturated/α-hetero) is 1. The number of carbonyl (C=O) groups is 2. The first kappa shape index (κ1) is 21.7. The summed E-state index contributed by atoms with van der Waals surface area (Å²) in [6, 6.07) is 5.90. The monoisotopic (exact) mass is 444 g/mol. The highest BCUT2D eigenvalue weighted by molar-refractivity contribution is 7.81. The zero-order valence-corrected chi connectivity index (χ0v) is 17.9. The van der Waals surface area contributed by atoms with Crippen molar-refractivity contribution in [2.75, 3.05) is 13.1 Å². The maximum Gasteiger partial charge on any atom is 0.305 e. The van der Waals surface area contributed by atoms with E-state index in [4.69, 9.17) is 17.7 Å². The van der Waals surface area contributed by atoms with Crippen molar-refractivity contribution < 1.29 is 19.1 Å². The molecule has 0 amide bonds. The third-order valence-electron chi connectivity index (χ3n) is 5.73. The first-order valence-corrected chi connectivity index (χ1v) is 11.0. The van der Waals surface area contributed by atoms with Crippen LogP contribution in [0, 0.1) is 11.7 Å². The summed E-state index contributed by atoms with van der Waals surface area (Å²) in [6.45, 7) is 1.32. The van der Waals surface area contributed by atoms with Crippen molar-refractivity contribution in [3.05, 3.63) is 53.1 Å². The fourth-order valence-electron chi connectivity index (χ4n) is 3.94. The summed E-state index contributed by atoms with van der Waals surface area (Å²) in [5, 5.41) is 17.2. The van der Waals surface area contributed by atoms with Crippen LogP contribution in [-0.4, -0.2) is 55.1 Å². The number of piperidine rings is 1. The summed E-state index contributed by atoms with van der Waals surface area (Å²) in [6.07, 6.45) is 5.88. The Morgan fingerprint density at radius 3 is 2.77 bits per heavy atom. The predicted octanol–water partition coefficient (Wildman–Crippen LogP) is 3.00. The Balaban J connectivity index is 1.56. The van der Waals surface area contributed by atoms with E-state index < -0.39 is 12.0 Å². The Morgan fingerprint density at radius 1 is 1.29 bits per heavy atom. The number of aryl methyl sites for hydroxylation is 1. The molecule has 31 heavy (non-hydrogen) atoms. The summed E-state index contributed by atoms with van der Waals surface area (Å²) in [5.41, 5.74) is 2.01. The van der Waals surface area contributed by atoms with E-state index in [2.05, 4.69) is 10.2 Å². The van der Waals surface area contributed by atoms with Gasteiger partial charge in [-0.2, -0.15) is 27.6 Å². The lowest BCUT2D eigenvalue weighted by atomic mass is 9.93. The normalized spacial score (nSPS) is 21.9. The standard InChI is InChI=1S/C22H25FN4O3S/c23-18-4-2-1-3-17(18)21(22(30)14-5-6-14)26-9-7-19(31)15(13-26)11-16-12-24-27(25-16)10-8-20(28)29/h1-4,11-12,14,19,21,31H,5-10,13H2,(H,28,29)/b15-11-. The number of likely N-dealkylation sites (tertiary alicyclic amines) is 1. The molecule has 0 radical (unpaired) electrons. The summed E-state index contributed by atoms with van der Waals surface area (Å²) >= 11 is 4.70. The molecule has 9 heteroatoms. The topological polar surface area (TPSA) is 88.3 Å². The number of rotatable bonds is 8. The Labute approximate surface area is 185 Å². The van der Waals surface area contributed by atoms with Gasteiger partial charge in [-0.25, -0.2) is 4.39 Å². The van der Waals surface area contributed by atoms with Gasteiger partial charge >= 0.3 is 5.97 Å².